The predicted octanol–water partition coefficient (Wildman–Crippen LogP) is 3.41. The maximum atomic E-state index is 11.6. The van der Waals surface area contributed by atoms with Crippen LogP contribution in [0.2, 0.25) is 0 Å². The molecule has 0 fully saturated rings. The molecule has 0 aliphatic carbocycles. The maximum Gasteiger partial charge on any atom is 0.335 e. The van der Waals surface area contributed by atoms with E-state index in [-0.39, 0.29) is 5.97 Å². The minimum atomic E-state index is -0.306. The van der Waals surface area contributed by atoms with Gasteiger partial charge in [-0.1, -0.05) is 38.1 Å². The highest BCUT2D eigenvalue weighted by atomic mass is 16.5. The summed E-state index contributed by atoms with van der Waals surface area (Å²) in [7, 11) is 0. The fourth-order valence-corrected chi connectivity index (χ4v) is 1.82. The molecule has 19 heavy (non-hydrogen) atoms. The number of hydrogen-bond donors (Lipinski definition) is 0. The van der Waals surface area contributed by atoms with Crippen LogP contribution in [0.5, 0.6) is 0 Å². The van der Waals surface area contributed by atoms with Crippen molar-refractivity contribution in [2.45, 2.75) is 26.7 Å². The molecular formula is C16H23NO2. The lowest BCUT2D eigenvalue weighted by Gasteiger charge is -2.25. The summed E-state index contributed by atoms with van der Waals surface area (Å²) in [6.45, 7) is 9.61. The number of unbranched alkanes of at least 4 members (excludes halogenated alkanes) is 1. The van der Waals surface area contributed by atoms with Crippen molar-refractivity contribution >= 4 is 11.7 Å². The lowest BCUT2D eigenvalue weighted by Crippen LogP contribution is -2.29. The van der Waals surface area contributed by atoms with Crippen LogP contribution in [0.15, 0.2) is 42.5 Å². The first-order chi connectivity index (χ1) is 9.19. The number of carbonyl (C=O) groups is 1. The first kappa shape index (κ1) is 15.3. The highest BCUT2D eigenvalue weighted by molar-refractivity contribution is 5.88. The molecule has 3 heteroatoms. The van der Waals surface area contributed by atoms with Gasteiger partial charge in [0.2, 0.25) is 0 Å². The summed E-state index contributed by atoms with van der Waals surface area (Å²) in [6, 6.07) is 10.1. The third-order valence-corrected chi connectivity index (χ3v) is 2.85. The van der Waals surface area contributed by atoms with Crippen LogP contribution >= 0.6 is 0 Å². The van der Waals surface area contributed by atoms with E-state index in [9.17, 15) is 4.79 Å². The Morgan fingerprint density at radius 3 is 2.53 bits per heavy atom. The second kappa shape index (κ2) is 8.35. The molecule has 0 radical (unpaired) electrons. The number of benzene rings is 1. The zero-order valence-corrected chi connectivity index (χ0v) is 11.9. The number of hydrogen-bond acceptors (Lipinski definition) is 3. The Kier molecular flexibility index (Phi) is 6.72. The molecule has 1 aromatic rings. The molecule has 0 atom stereocenters. The largest absolute Gasteiger partial charge is 0.463 e. The van der Waals surface area contributed by atoms with Crippen molar-refractivity contribution in [3.05, 3.63) is 42.5 Å². The zero-order chi connectivity index (χ0) is 14.1. The van der Waals surface area contributed by atoms with Gasteiger partial charge in [-0.05, 0) is 25.5 Å². The van der Waals surface area contributed by atoms with Gasteiger partial charge < -0.3 is 9.64 Å². The summed E-state index contributed by atoms with van der Waals surface area (Å²) >= 11 is 0. The highest BCUT2D eigenvalue weighted by Crippen LogP contribution is 2.16. The molecule has 0 bridgehead atoms. The Labute approximate surface area is 115 Å². The summed E-state index contributed by atoms with van der Waals surface area (Å²) in [5.41, 5.74) is 1.61. The zero-order valence-electron chi connectivity index (χ0n) is 11.9. The molecule has 104 valence electrons. The predicted molar refractivity (Wildman–Crippen MR) is 79.3 cm³/mol. The normalized spacial score (nSPS) is 10.0. The molecule has 0 saturated carbocycles. The molecule has 0 aliphatic rings. The third-order valence-electron chi connectivity index (χ3n) is 2.85. The first-order valence-corrected chi connectivity index (χ1v) is 6.83. The molecule has 3 nitrogen and oxygen atoms in total. The SMILES string of the molecule is C=C(CN(CCCC)c1ccccc1)C(=O)OCC. The number of para-hydroxylation sites is 1. The van der Waals surface area contributed by atoms with Gasteiger partial charge in [0.15, 0.2) is 0 Å². The second-order valence-electron chi connectivity index (χ2n) is 4.43. The third kappa shape index (κ3) is 5.16. The molecule has 0 heterocycles. The van der Waals surface area contributed by atoms with Crippen LogP contribution in [0.1, 0.15) is 26.7 Å². The van der Waals surface area contributed by atoms with Gasteiger partial charge in [-0.25, -0.2) is 4.79 Å². The Morgan fingerprint density at radius 1 is 1.26 bits per heavy atom. The van der Waals surface area contributed by atoms with Crippen molar-refractivity contribution in [3.8, 4) is 0 Å². The van der Waals surface area contributed by atoms with E-state index in [2.05, 4.69) is 18.4 Å². The van der Waals surface area contributed by atoms with Crippen LogP contribution in [0.4, 0.5) is 5.69 Å². The van der Waals surface area contributed by atoms with Crippen molar-refractivity contribution in [2.75, 3.05) is 24.6 Å². The quantitative estimate of drug-likeness (QED) is 0.530. The summed E-state index contributed by atoms with van der Waals surface area (Å²) in [6.07, 6.45) is 2.21. The average Bonchev–Trinajstić information content (AvgIpc) is 2.44. The molecule has 1 aromatic carbocycles. The lowest BCUT2D eigenvalue weighted by atomic mass is 10.2. The standard InChI is InChI=1S/C16H23NO2/c1-4-6-12-17(15-10-8-7-9-11-15)13-14(3)16(18)19-5-2/h7-11H,3-6,12-13H2,1-2H3. The van der Waals surface area contributed by atoms with Crippen LogP contribution in [0.3, 0.4) is 0 Å². The molecule has 0 saturated heterocycles. The molecule has 0 aromatic heterocycles. The van der Waals surface area contributed by atoms with Crippen LogP contribution in [0.25, 0.3) is 0 Å². The van der Waals surface area contributed by atoms with Gasteiger partial charge in [0.1, 0.15) is 0 Å². The van der Waals surface area contributed by atoms with Crippen LogP contribution < -0.4 is 4.90 Å². The molecule has 0 spiro atoms. The fourth-order valence-electron chi connectivity index (χ4n) is 1.82. The van der Waals surface area contributed by atoms with Gasteiger partial charge in [-0.15, -0.1) is 0 Å². The summed E-state index contributed by atoms with van der Waals surface area (Å²) in [4.78, 5) is 13.8. The van der Waals surface area contributed by atoms with E-state index in [1.807, 2.05) is 30.3 Å². The van der Waals surface area contributed by atoms with E-state index < -0.39 is 0 Å². The minimum Gasteiger partial charge on any atom is -0.463 e. The maximum absolute atomic E-state index is 11.6. The van der Waals surface area contributed by atoms with Crippen molar-refractivity contribution in [1.29, 1.82) is 0 Å². The Hall–Kier alpha value is -1.77. The van der Waals surface area contributed by atoms with E-state index >= 15 is 0 Å². The fraction of sp³-hybridized carbons (Fsp3) is 0.438. The number of nitrogens with zero attached hydrogens (tertiary/aromatic N) is 1. The minimum absolute atomic E-state index is 0.306. The summed E-state index contributed by atoms with van der Waals surface area (Å²) in [5, 5.41) is 0. The topological polar surface area (TPSA) is 29.5 Å². The molecule has 0 unspecified atom stereocenters. The monoisotopic (exact) mass is 261 g/mol. The number of esters is 1. The Balaban J connectivity index is 2.70. The van der Waals surface area contributed by atoms with Crippen molar-refractivity contribution in [3.63, 3.8) is 0 Å². The molecule has 0 N–H and O–H groups in total. The van der Waals surface area contributed by atoms with Crippen molar-refractivity contribution < 1.29 is 9.53 Å². The van der Waals surface area contributed by atoms with Gasteiger partial charge in [0, 0.05) is 24.4 Å². The van der Waals surface area contributed by atoms with E-state index in [1.165, 1.54) is 0 Å². The molecule has 0 aliphatic heterocycles. The number of rotatable bonds is 8. The lowest BCUT2D eigenvalue weighted by molar-refractivity contribution is -0.138. The average molecular weight is 261 g/mol. The van der Waals surface area contributed by atoms with Gasteiger partial charge in [0.05, 0.1) is 6.61 Å². The number of carbonyl (C=O) groups excluding carboxylic acids is 1. The molecular weight excluding hydrogens is 238 g/mol. The Morgan fingerprint density at radius 2 is 1.95 bits per heavy atom. The van der Waals surface area contributed by atoms with Crippen LogP contribution in [-0.2, 0) is 9.53 Å². The molecule has 1 rings (SSSR count). The van der Waals surface area contributed by atoms with Crippen molar-refractivity contribution in [2.24, 2.45) is 0 Å². The Bertz CT molecular complexity index is 400. The van der Waals surface area contributed by atoms with Gasteiger partial charge in [0.25, 0.3) is 0 Å². The second-order valence-corrected chi connectivity index (χ2v) is 4.43. The summed E-state index contributed by atoms with van der Waals surface area (Å²) < 4.78 is 4.98. The number of anilines is 1. The van der Waals surface area contributed by atoms with Gasteiger partial charge in [-0.3, -0.25) is 0 Å². The van der Waals surface area contributed by atoms with E-state index in [0.717, 1.165) is 25.1 Å². The van der Waals surface area contributed by atoms with Crippen LogP contribution in [-0.4, -0.2) is 25.7 Å². The van der Waals surface area contributed by atoms with Crippen molar-refractivity contribution in [1.82, 2.24) is 0 Å². The van der Waals surface area contributed by atoms with Gasteiger partial charge >= 0.3 is 5.97 Å². The van der Waals surface area contributed by atoms with E-state index in [4.69, 9.17) is 4.74 Å². The molecule has 0 amide bonds. The van der Waals surface area contributed by atoms with E-state index in [0.29, 0.717) is 18.7 Å². The summed E-state index contributed by atoms with van der Waals surface area (Å²) in [5.74, 6) is -0.306. The van der Waals surface area contributed by atoms with E-state index in [1.54, 1.807) is 6.92 Å². The highest BCUT2D eigenvalue weighted by Gasteiger charge is 2.13. The van der Waals surface area contributed by atoms with Gasteiger partial charge in [-0.2, -0.15) is 0 Å². The smallest absolute Gasteiger partial charge is 0.335 e. The van der Waals surface area contributed by atoms with Crippen LogP contribution in [0, 0.1) is 0 Å². The first-order valence-electron chi connectivity index (χ1n) is 6.83. The number of ether oxygens (including phenoxy) is 1.